The second-order valence-electron chi connectivity index (χ2n) is 6.55. The molecule has 1 fully saturated rings. The Bertz CT molecular complexity index is 1180. The van der Waals surface area contributed by atoms with E-state index in [2.05, 4.69) is 0 Å². The fourth-order valence-corrected chi connectivity index (χ4v) is 4.14. The van der Waals surface area contributed by atoms with Crippen LogP contribution in [-0.4, -0.2) is 11.1 Å². The fourth-order valence-electron chi connectivity index (χ4n) is 2.95. The van der Waals surface area contributed by atoms with E-state index < -0.39 is 11.7 Å². The number of rotatable bonds is 5. The van der Waals surface area contributed by atoms with Gasteiger partial charge in [-0.15, -0.1) is 0 Å². The summed E-state index contributed by atoms with van der Waals surface area (Å²) in [6.07, 6.45) is 1.61. The average Bonchev–Trinajstić information content (AvgIpc) is 3.02. The van der Waals surface area contributed by atoms with Crippen LogP contribution in [0.4, 0.5) is 14.9 Å². The van der Waals surface area contributed by atoms with Gasteiger partial charge in [0.15, 0.2) is 0 Å². The molecule has 0 atom stereocenters. The Kier molecular flexibility index (Phi) is 6.32. The highest BCUT2D eigenvalue weighted by Gasteiger charge is 2.36. The molecule has 2 amide bonds. The number of halogens is 3. The summed E-state index contributed by atoms with van der Waals surface area (Å²) in [6, 6.07) is 17.8. The minimum absolute atomic E-state index is 0.0396. The normalized spacial score (nSPS) is 15.1. The fraction of sp³-hybridized carbons (Fsp3) is 0.0435. The second kappa shape index (κ2) is 9.14. The number of carbonyl (C=O) groups excluding carboxylic acids is 2. The molecule has 0 radical (unpaired) electrons. The lowest BCUT2D eigenvalue weighted by Crippen LogP contribution is -2.27. The van der Waals surface area contributed by atoms with Crippen molar-refractivity contribution in [3.8, 4) is 5.75 Å². The van der Waals surface area contributed by atoms with Crippen LogP contribution >= 0.6 is 35.0 Å². The van der Waals surface area contributed by atoms with E-state index in [-0.39, 0.29) is 27.3 Å². The van der Waals surface area contributed by atoms with Crippen molar-refractivity contribution in [2.75, 3.05) is 4.90 Å². The van der Waals surface area contributed by atoms with Crippen LogP contribution in [0.25, 0.3) is 6.08 Å². The van der Waals surface area contributed by atoms with E-state index in [4.69, 9.17) is 27.9 Å². The van der Waals surface area contributed by atoms with E-state index in [1.54, 1.807) is 60.7 Å². The van der Waals surface area contributed by atoms with E-state index in [0.717, 1.165) is 16.7 Å². The molecule has 156 valence electrons. The van der Waals surface area contributed by atoms with Crippen molar-refractivity contribution in [2.24, 2.45) is 0 Å². The van der Waals surface area contributed by atoms with Crippen molar-refractivity contribution in [1.82, 2.24) is 0 Å². The van der Waals surface area contributed by atoms with Crippen molar-refractivity contribution in [3.63, 3.8) is 0 Å². The molecule has 1 aliphatic rings. The average molecular weight is 474 g/mol. The van der Waals surface area contributed by atoms with Crippen LogP contribution in [0.2, 0.25) is 10.0 Å². The molecule has 1 heterocycles. The van der Waals surface area contributed by atoms with Gasteiger partial charge in [0.05, 0.1) is 15.6 Å². The minimum Gasteiger partial charge on any atom is -0.489 e. The highest BCUT2D eigenvalue weighted by Crippen LogP contribution is 2.36. The maximum Gasteiger partial charge on any atom is 0.298 e. The number of hydrogen-bond donors (Lipinski definition) is 0. The highest BCUT2D eigenvalue weighted by molar-refractivity contribution is 8.19. The zero-order chi connectivity index (χ0) is 22.0. The smallest absolute Gasteiger partial charge is 0.298 e. The Labute approximate surface area is 192 Å². The van der Waals surface area contributed by atoms with Gasteiger partial charge >= 0.3 is 0 Å². The predicted molar refractivity (Wildman–Crippen MR) is 122 cm³/mol. The molecule has 0 N–H and O–H groups in total. The Hall–Kier alpha value is -2.80. The zero-order valence-corrected chi connectivity index (χ0v) is 18.2. The molecule has 0 saturated carbocycles. The molecular formula is C23H14Cl2FNO3S. The first-order valence-electron chi connectivity index (χ1n) is 9.11. The summed E-state index contributed by atoms with van der Waals surface area (Å²) >= 11 is 12.8. The predicted octanol–water partition coefficient (Wildman–Crippen LogP) is 6.95. The number of anilines is 1. The first-order chi connectivity index (χ1) is 14.9. The standard InChI is InChI=1S/C23H14Cl2FNO3S/c24-15-7-9-16(10-8-15)27-22(28)21(31-23(27)29)12-14-3-1-4-17(11-14)30-13-18-19(25)5-2-6-20(18)26/h1-12H,13H2/b21-12-. The van der Waals surface area contributed by atoms with Gasteiger partial charge in [-0.1, -0.05) is 41.4 Å². The summed E-state index contributed by atoms with van der Waals surface area (Å²) in [4.78, 5) is 26.5. The number of imide groups is 1. The third-order valence-corrected chi connectivity index (χ3v) is 5.95. The number of ether oxygens (including phenoxy) is 1. The number of carbonyl (C=O) groups is 2. The van der Waals surface area contributed by atoms with Crippen LogP contribution in [0.15, 0.2) is 71.6 Å². The zero-order valence-electron chi connectivity index (χ0n) is 15.8. The van der Waals surface area contributed by atoms with Gasteiger partial charge in [0.1, 0.15) is 18.2 Å². The molecule has 3 aromatic rings. The van der Waals surface area contributed by atoms with Gasteiger partial charge in [-0.2, -0.15) is 0 Å². The van der Waals surface area contributed by atoms with Crippen molar-refractivity contribution >= 4 is 57.9 Å². The summed E-state index contributed by atoms with van der Waals surface area (Å²) in [5.74, 6) is -0.383. The number of amides is 2. The molecular weight excluding hydrogens is 460 g/mol. The van der Waals surface area contributed by atoms with Crippen molar-refractivity contribution in [3.05, 3.63) is 98.6 Å². The summed E-state index contributed by atoms with van der Waals surface area (Å²) < 4.78 is 19.6. The van der Waals surface area contributed by atoms with E-state index in [1.165, 1.54) is 12.1 Å². The lowest BCUT2D eigenvalue weighted by Gasteiger charge is -2.12. The Morgan fingerprint density at radius 3 is 2.48 bits per heavy atom. The monoisotopic (exact) mass is 473 g/mol. The first-order valence-corrected chi connectivity index (χ1v) is 10.7. The molecule has 0 spiro atoms. The molecule has 1 saturated heterocycles. The van der Waals surface area contributed by atoms with E-state index in [0.29, 0.717) is 22.0 Å². The van der Waals surface area contributed by atoms with Crippen molar-refractivity contribution in [2.45, 2.75) is 6.61 Å². The minimum atomic E-state index is -0.445. The van der Waals surface area contributed by atoms with Gasteiger partial charge in [-0.3, -0.25) is 9.59 Å². The molecule has 4 nitrogen and oxygen atoms in total. The third-order valence-electron chi connectivity index (χ3n) is 4.48. The maximum absolute atomic E-state index is 13.9. The molecule has 0 bridgehead atoms. The lowest BCUT2D eigenvalue weighted by molar-refractivity contribution is -0.113. The van der Waals surface area contributed by atoms with Gasteiger partial charge in [-0.25, -0.2) is 9.29 Å². The van der Waals surface area contributed by atoms with Gasteiger partial charge in [0, 0.05) is 10.6 Å². The summed E-state index contributed by atoms with van der Waals surface area (Å²) in [6.45, 7) is -0.0396. The number of benzene rings is 3. The number of thioether (sulfide) groups is 1. The maximum atomic E-state index is 13.9. The molecule has 0 unspecified atom stereocenters. The molecule has 31 heavy (non-hydrogen) atoms. The summed E-state index contributed by atoms with van der Waals surface area (Å²) in [5.41, 5.74) is 1.38. The SMILES string of the molecule is O=C1S/C(=C\c2cccc(OCc3c(F)cccc3Cl)c2)C(=O)N1c1ccc(Cl)cc1. The van der Waals surface area contributed by atoms with Gasteiger partial charge in [0.2, 0.25) is 0 Å². The van der Waals surface area contributed by atoms with Gasteiger partial charge < -0.3 is 4.74 Å². The summed E-state index contributed by atoms with van der Waals surface area (Å²) in [7, 11) is 0. The Morgan fingerprint density at radius 1 is 1.00 bits per heavy atom. The van der Waals surface area contributed by atoms with Crippen LogP contribution < -0.4 is 9.64 Å². The van der Waals surface area contributed by atoms with E-state index in [9.17, 15) is 14.0 Å². The van der Waals surface area contributed by atoms with E-state index >= 15 is 0 Å². The topological polar surface area (TPSA) is 46.6 Å². The van der Waals surface area contributed by atoms with E-state index in [1.807, 2.05) is 0 Å². The number of nitrogens with zero attached hydrogens (tertiary/aromatic N) is 1. The molecule has 8 heteroatoms. The van der Waals surface area contributed by atoms with Gasteiger partial charge in [0.25, 0.3) is 11.1 Å². The first kappa shape index (κ1) is 21.4. The quantitative estimate of drug-likeness (QED) is 0.376. The lowest BCUT2D eigenvalue weighted by atomic mass is 10.2. The van der Waals surface area contributed by atoms with Crippen LogP contribution in [0.1, 0.15) is 11.1 Å². The van der Waals surface area contributed by atoms with Crippen LogP contribution in [0.5, 0.6) is 5.75 Å². The van der Waals surface area contributed by atoms with Crippen LogP contribution in [-0.2, 0) is 11.4 Å². The number of hydrogen-bond acceptors (Lipinski definition) is 4. The van der Waals surface area contributed by atoms with Crippen molar-refractivity contribution < 1.29 is 18.7 Å². The van der Waals surface area contributed by atoms with Crippen LogP contribution in [0.3, 0.4) is 0 Å². The highest BCUT2D eigenvalue weighted by atomic mass is 35.5. The van der Waals surface area contributed by atoms with Gasteiger partial charge in [-0.05, 0) is 71.9 Å². The Morgan fingerprint density at radius 2 is 1.74 bits per heavy atom. The molecule has 0 aromatic heterocycles. The van der Waals surface area contributed by atoms with Crippen molar-refractivity contribution in [1.29, 1.82) is 0 Å². The molecule has 4 rings (SSSR count). The third kappa shape index (κ3) is 4.77. The molecule has 3 aromatic carbocycles. The molecule has 1 aliphatic heterocycles. The van der Waals surface area contributed by atoms with Crippen LogP contribution in [0, 0.1) is 5.82 Å². The summed E-state index contributed by atoms with van der Waals surface area (Å²) in [5, 5.41) is 0.409. The second-order valence-corrected chi connectivity index (χ2v) is 8.39. The Balaban J connectivity index is 1.52. The largest absolute Gasteiger partial charge is 0.489 e. The molecule has 0 aliphatic carbocycles.